The molecule has 4 heterocycles. The van der Waals surface area contributed by atoms with Gasteiger partial charge in [-0.15, -0.1) is 11.3 Å². The van der Waals surface area contributed by atoms with Crippen LogP contribution in [0.25, 0.3) is 22.3 Å². The number of anilines is 1. The maximum absolute atomic E-state index is 14.3. The SMILES string of the molecule is CC(C)Nc1nc(-c2cc(OC3C[C@@H](C(N)=O)N(C(=O)[C@@H](NC(=O)O[C@@H]4C[C@@H]5C[C@@H]5C4)C(C)(C)C)C3)c3ccc(OC[C@@H]4CC(F)(F)CN4C)c(Cl)c3n2)cs1. The molecule has 2 aliphatic carbocycles. The summed E-state index contributed by atoms with van der Waals surface area (Å²) in [6, 6.07) is 2.74. The van der Waals surface area contributed by atoms with Gasteiger partial charge in [-0.05, 0) is 69.5 Å². The third-order valence-corrected chi connectivity index (χ3v) is 12.3. The number of nitrogens with two attached hydrogens (primary N) is 1. The molecule has 4 fully saturated rings. The summed E-state index contributed by atoms with van der Waals surface area (Å²) in [5.74, 6) is -2.09. The Morgan fingerprint density at radius 3 is 2.45 bits per heavy atom. The van der Waals surface area contributed by atoms with E-state index in [1.165, 1.54) is 22.7 Å². The molecule has 304 valence electrons. The summed E-state index contributed by atoms with van der Waals surface area (Å²) < 4.78 is 46.5. The standard InChI is InChI=1S/C39H50ClF2N7O6S/c1-19(2)44-36-46-27(17-56-36)26-13-30(25-7-8-29(31(40)32(25)45-26)53-16-22-14-39(41,42)18-48(22)6)54-24-12-28(34(43)50)49(15-24)35(51)33(38(3,4)5)47-37(52)55-23-10-20-9-21(20)11-23/h7-8,13,17,19-24,28,33H,9-12,14-16,18H2,1-6H3,(H2,43,50)(H,44,46)(H,47,52)/t20-,21+,22-,23+,24?,28-,33+/m0/s1. The van der Waals surface area contributed by atoms with Gasteiger partial charge >= 0.3 is 6.09 Å². The van der Waals surface area contributed by atoms with Crippen LogP contribution in [0.4, 0.5) is 18.7 Å². The number of ether oxygens (including phenoxy) is 3. The van der Waals surface area contributed by atoms with Crippen molar-refractivity contribution in [3.63, 3.8) is 0 Å². The van der Waals surface area contributed by atoms with Crippen LogP contribution in [0.2, 0.25) is 5.02 Å². The molecule has 3 aromatic rings. The topological polar surface area (TPSA) is 161 Å². The van der Waals surface area contributed by atoms with E-state index in [-0.39, 0.29) is 55.5 Å². The fraction of sp³-hybridized carbons (Fsp3) is 0.615. The molecule has 2 saturated carbocycles. The highest BCUT2D eigenvalue weighted by Gasteiger charge is 2.49. The lowest BCUT2D eigenvalue weighted by Crippen LogP contribution is -2.57. The van der Waals surface area contributed by atoms with Crippen LogP contribution in [0.15, 0.2) is 23.6 Å². The molecule has 4 aliphatic rings. The lowest BCUT2D eigenvalue weighted by molar-refractivity contribution is -0.141. The number of thiazole rings is 1. The predicted octanol–water partition coefficient (Wildman–Crippen LogP) is 6.32. The highest BCUT2D eigenvalue weighted by Crippen LogP contribution is 2.52. The number of primary amides is 1. The minimum absolute atomic E-state index is 0.000770. The third-order valence-electron chi connectivity index (χ3n) is 11.1. The van der Waals surface area contributed by atoms with E-state index < -0.39 is 53.5 Å². The molecular weight excluding hydrogens is 768 g/mol. The Morgan fingerprint density at radius 2 is 1.80 bits per heavy atom. The molecule has 0 spiro atoms. The highest BCUT2D eigenvalue weighted by molar-refractivity contribution is 7.14. The van der Waals surface area contributed by atoms with Crippen LogP contribution in [0.3, 0.4) is 0 Å². The van der Waals surface area contributed by atoms with Crippen LogP contribution in [-0.4, -0.2) is 107 Å². The number of likely N-dealkylation sites (tertiary alicyclic amines) is 2. The Bertz CT molecular complexity index is 1980. The summed E-state index contributed by atoms with van der Waals surface area (Å²) in [7, 11) is 1.64. The van der Waals surface area contributed by atoms with Crippen LogP contribution in [0.5, 0.6) is 11.5 Å². The molecule has 7 atom stereocenters. The molecule has 0 radical (unpaired) electrons. The van der Waals surface area contributed by atoms with Gasteiger partial charge in [-0.3, -0.25) is 14.5 Å². The number of halogens is 3. The first-order valence-electron chi connectivity index (χ1n) is 19.2. The van der Waals surface area contributed by atoms with Crippen molar-refractivity contribution in [3.8, 4) is 22.9 Å². The quantitative estimate of drug-likeness (QED) is 0.189. The van der Waals surface area contributed by atoms with E-state index >= 15 is 0 Å². The summed E-state index contributed by atoms with van der Waals surface area (Å²) in [5.41, 5.74) is 6.49. The number of rotatable bonds is 12. The Hall–Kier alpha value is -4.02. The zero-order chi connectivity index (χ0) is 40.3. The average molecular weight is 818 g/mol. The van der Waals surface area contributed by atoms with Crippen LogP contribution in [0, 0.1) is 17.3 Å². The van der Waals surface area contributed by atoms with Gasteiger partial charge in [0, 0.05) is 41.8 Å². The van der Waals surface area contributed by atoms with Gasteiger partial charge < -0.3 is 35.5 Å². The van der Waals surface area contributed by atoms with Crippen LogP contribution < -0.4 is 25.8 Å². The Labute approximate surface area is 333 Å². The van der Waals surface area contributed by atoms with Gasteiger partial charge in [-0.25, -0.2) is 23.5 Å². The maximum atomic E-state index is 14.3. The van der Waals surface area contributed by atoms with Crippen LogP contribution >= 0.6 is 22.9 Å². The molecule has 4 N–H and O–H groups in total. The molecular formula is C39H50ClF2N7O6S. The molecule has 0 bridgehead atoms. The van der Waals surface area contributed by atoms with Gasteiger partial charge in [-0.2, -0.15) is 0 Å². The summed E-state index contributed by atoms with van der Waals surface area (Å²) in [6.07, 6.45) is 1.12. The number of hydrogen-bond donors (Lipinski definition) is 3. The molecule has 3 amide bonds. The lowest BCUT2D eigenvalue weighted by atomic mass is 9.85. The van der Waals surface area contributed by atoms with Crippen LogP contribution in [-0.2, 0) is 14.3 Å². The first kappa shape index (κ1) is 40.2. The van der Waals surface area contributed by atoms with E-state index in [2.05, 4.69) is 10.6 Å². The van der Waals surface area contributed by atoms with E-state index in [1.807, 2.05) is 40.0 Å². The van der Waals surface area contributed by atoms with Crippen molar-refractivity contribution in [2.75, 3.05) is 32.1 Å². The van der Waals surface area contributed by atoms with Crippen LogP contribution in [0.1, 0.15) is 66.7 Å². The Kier molecular flexibility index (Phi) is 11.0. The largest absolute Gasteiger partial charge is 0.490 e. The van der Waals surface area contributed by atoms with Gasteiger partial charge in [0.15, 0.2) is 5.13 Å². The van der Waals surface area contributed by atoms with Crippen molar-refractivity contribution in [2.45, 2.75) is 109 Å². The molecule has 13 nitrogen and oxygen atoms in total. The number of carbonyl (C=O) groups excluding carboxylic acids is 3. The molecule has 1 aromatic carbocycles. The van der Waals surface area contributed by atoms with Crippen molar-refractivity contribution in [3.05, 3.63) is 28.6 Å². The average Bonchev–Trinajstić information content (AvgIpc) is 3.50. The summed E-state index contributed by atoms with van der Waals surface area (Å²) >= 11 is 8.37. The van der Waals surface area contributed by atoms with E-state index in [0.29, 0.717) is 45.0 Å². The number of nitrogens with zero attached hydrogens (tertiary/aromatic N) is 4. The smallest absolute Gasteiger partial charge is 0.408 e. The molecule has 56 heavy (non-hydrogen) atoms. The highest BCUT2D eigenvalue weighted by atomic mass is 35.5. The Morgan fingerprint density at radius 1 is 1.07 bits per heavy atom. The van der Waals surface area contributed by atoms with Gasteiger partial charge in [0.05, 0.1) is 24.3 Å². The molecule has 1 unspecified atom stereocenters. The van der Waals surface area contributed by atoms with Gasteiger partial charge in [-0.1, -0.05) is 32.4 Å². The minimum Gasteiger partial charge on any atom is -0.490 e. The second-order valence-electron chi connectivity index (χ2n) is 17.1. The lowest BCUT2D eigenvalue weighted by Gasteiger charge is -2.35. The molecule has 17 heteroatoms. The number of benzene rings is 1. The van der Waals surface area contributed by atoms with E-state index in [1.54, 1.807) is 30.1 Å². The van der Waals surface area contributed by atoms with Gasteiger partial charge in [0.2, 0.25) is 11.8 Å². The molecule has 2 saturated heterocycles. The summed E-state index contributed by atoms with van der Waals surface area (Å²) in [5, 5.41) is 9.32. The first-order chi connectivity index (χ1) is 26.3. The number of hydrogen-bond acceptors (Lipinski definition) is 11. The fourth-order valence-corrected chi connectivity index (χ4v) is 9.25. The molecule has 2 aliphatic heterocycles. The number of carbonyl (C=O) groups is 3. The zero-order valence-electron chi connectivity index (χ0n) is 32.4. The molecule has 2 aromatic heterocycles. The van der Waals surface area contributed by atoms with Crippen molar-refractivity contribution in [1.29, 1.82) is 0 Å². The molecule has 7 rings (SSSR count). The third kappa shape index (κ3) is 8.76. The predicted molar refractivity (Wildman–Crippen MR) is 209 cm³/mol. The monoisotopic (exact) mass is 817 g/mol. The Balaban J connectivity index is 1.15. The summed E-state index contributed by atoms with van der Waals surface area (Å²) in [4.78, 5) is 52.7. The number of alkyl halides is 2. The zero-order valence-corrected chi connectivity index (χ0v) is 34.0. The maximum Gasteiger partial charge on any atom is 0.408 e. The number of aromatic nitrogens is 2. The number of nitrogens with one attached hydrogen (secondary N) is 2. The number of likely N-dealkylation sites (N-methyl/N-ethyl adjacent to an activating group) is 1. The fourth-order valence-electron chi connectivity index (χ4n) is 8.13. The van der Waals surface area contributed by atoms with Crippen molar-refractivity contribution in [1.82, 2.24) is 25.1 Å². The van der Waals surface area contributed by atoms with Gasteiger partial charge in [0.1, 0.15) is 53.1 Å². The van der Waals surface area contributed by atoms with E-state index in [9.17, 15) is 23.2 Å². The number of fused-ring (bicyclic) bond motifs is 2. The number of pyridine rings is 1. The van der Waals surface area contributed by atoms with Crippen molar-refractivity contribution < 1.29 is 37.4 Å². The van der Waals surface area contributed by atoms with E-state index in [4.69, 9.17) is 41.5 Å². The first-order valence-corrected chi connectivity index (χ1v) is 20.4. The minimum atomic E-state index is -2.80. The second-order valence-corrected chi connectivity index (χ2v) is 18.4. The number of alkyl carbamates (subject to hydrolysis) is 1. The van der Waals surface area contributed by atoms with Crippen molar-refractivity contribution >= 4 is 56.9 Å². The number of amides is 3. The normalized spacial score (nSPS) is 26.3. The van der Waals surface area contributed by atoms with Gasteiger partial charge in [0.25, 0.3) is 5.92 Å². The summed E-state index contributed by atoms with van der Waals surface area (Å²) in [6.45, 7) is 9.17. The second kappa shape index (κ2) is 15.4. The van der Waals surface area contributed by atoms with E-state index in [0.717, 1.165) is 12.8 Å². The van der Waals surface area contributed by atoms with Crippen molar-refractivity contribution in [2.24, 2.45) is 23.0 Å².